The topological polar surface area (TPSA) is 93.4 Å². The number of hydrogen-bond acceptors (Lipinski definition) is 5. The van der Waals surface area contributed by atoms with Crippen molar-refractivity contribution in [1.29, 1.82) is 5.26 Å². The molecular formula is C9H8N6. The zero-order chi connectivity index (χ0) is 10.7. The number of nitrogens with two attached hydrogens (primary N) is 1. The standard InChI is InChI=1S/C9H8N6/c10-3-7-1-2-9(12-5-7)15-6-13-8(4-11)14-15/h1-2,5-6H,3,10H2. The first-order valence-corrected chi connectivity index (χ1v) is 4.30. The van der Waals surface area contributed by atoms with E-state index in [1.165, 1.54) is 11.0 Å². The Balaban J connectivity index is 2.33. The van der Waals surface area contributed by atoms with Crippen molar-refractivity contribution in [3.8, 4) is 11.9 Å². The third kappa shape index (κ3) is 1.82. The van der Waals surface area contributed by atoms with E-state index in [-0.39, 0.29) is 5.82 Å². The van der Waals surface area contributed by atoms with Crippen molar-refractivity contribution in [3.05, 3.63) is 36.0 Å². The van der Waals surface area contributed by atoms with Crippen LogP contribution < -0.4 is 5.73 Å². The monoisotopic (exact) mass is 200 g/mol. The van der Waals surface area contributed by atoms with E-state index >= 15 is 0 Å². The van der Waals surface area contributed by atoms with Crippen LogP contribution in [-0.4, -0.2) is 19.7 Å². The smallest absolute Gasteiger partial charge is 0.252 e. The van der Waals surface area contributed by atoms with Gasteiger partial charge in [0.15, 0.2) is 5.82 Å². The summed E-state index contributed by atoms with van der Waals surface area (Å²) in [5.74, 6) is 0.737. The molecule has 0 aliphatic rings. The molecule has 0 aromatic carbocycles. The Morgan fingerprint density at radius 1 is 1.40 bits per heavy atom. The lowest BCUT2D eigenvalue weighted by atomic mass is 10.3. The van der Waals surface area contributed by atoms with Crippen LogP contribution in [0.2, 0.25) is 0 Å². The largest absolute Gasteiger partial charge is 0.326 e. The summed E-state index contributed by atoms with van der Waals surface area (Å²) >= 11 is 0. The highest BCUT2D eigenvalue weighted by Crippen LogP contribution is 2.03. The minimum Gasteiger partial charge on any atom is -0.326 e. The molecule has 2 aromatic heterocycles. The van der Waals surface area contributed by atoms with E-state index in [1.54, 1.807) is 12.3 Å². The summed E-state index contributed by atoms with van der Waals surface area (Å²) in [6, 6.07) is 5.48. The minimum absolute atomic E-state index is 0.125. The molecule has 0 atom stereocenters. The maximum Gasteiger partial charge on any atom is 0.252 e. The van der Waals surface area contributed by atoms with E-state index in [4.69, 9.17) is 11.0 Å². The van der Waals surface area contributed by atoms with Gasteiger partial charge >= 0.3 is 0 Å². The number of nitriles is 1. The number of rotatable bonds is 2. The Bertz CT molecular complexity index is 492. The van der Waals surface area contributed by atoms with Gasteiger partial charge in [0.2, 0.25) is 0 Å². The SMILES string of the molecule is N#Cc1ncn(-c2ccc(CN)cn2)n1. The molecule has 15 heavy (non-hydrogen) atoms. The van der Waals surface area contributed by atoms with Crippen LogP contribution in [0.5, 0.6) is 0 Å². The summed E-state index contributed by atoms with van der Waals surface area (Å²) in [5.41, 5.74) is 6.39. The molecule has 0 aliphatic carbocycles. The third-order valence-electron chi connectivity index (χ3n) is 1.87. The van der Waals surface area contributed by atoms with Crippen LogP contribution in [0.3, 0.4) is 0 Å². The highest BCUT2D eigenvalue weighted by Gasteiger charge is 2.02. The van der Waals surface area contributed by atoms with Crippen molar-refractivity contribution >= 4 is 0 Å². The molecule has 0 saturated heterocycles. The second-order valence-electron chi connectivity index (χ2n) is 2.85. The van der Waals surface area contributed by atoms with Crippen molar-refractivity contribution in [2.75, 3.05) is 0 Å². The molecule has 6 heteroatoms. The van der Waals surface area contributed by atoms with Crippen LogP contribution in [0.4, 0.5) is 0 Å². The van der Waals surface area contributed by atoms with Crippen LogP contribution in [0, 0.1) is 11.3 Å². The third-order valence-corrected chi connectivity index (χ3v) is 1.87. The summed E-state index contributed by atoms with van der Waals surface area (Å²) in [4.78, 5) is 7.92. The summed E-state index contributed by atoms with van der Waals surface area (Å²) in [7, 11) is 0. The van der Waals surface area contributed by atoms with Gasteiger partial charge in [-0.25, -0.2) is 14.6 Å². The Morgan fingerprint density at radius 3 is 2.80 bits per heavy atom. The first kappa shape index (κ1) is 9.30. The fourth-order valence-corrected chi connectivity index (χ4v) is 1.10. The molecule has 0 amide bonds. The lowest BCUT2D eigenvalue weighted by Crippen LogP contribution is -2.01. The van der Waals surface area contributed by atoms with Crippen molar-refractivity contribution < 1.29 is 0 Å². The highest BCUT2D eigenvalue weighted by molar-refractivity contribution is 5.24. The molecule has 0 fully saturated rings. The minimum atomic E-state index is 0.125. The van der Waals surface area contributed by atoms with Crippen molar-refractivity contribution in [2.24, 2.45) is 5.73 Å². The number of nitrogens with zero attached hydrogens (tertiary/aromatic N) is 5. The van der Waals surface area contributed by atoms with Gasteiger partial charge in [-0.3, -0.25) is 0 Å². The Morgan fingerprint density at radius 2 is 2.27 bits per heavy atom. The molecule has 2 heterocycles. The van der Waals surface area contributed by atoms with Crippen molar-refractivity contribution in [1.82, 2.24) is 19.7 Å². The van der Waals surface area contributed by atoms with Gasteiger partial charge in [-0.1, -0.05) is 6.07 Å². The first-order chi connectivity index (χ1) is 7.33. The second-order valence-corrected chi connectivity index (χ2v) is 2.85. The van der Waals surface area contributed by atoms with Gasteiger partial charge in [-0.05, 0) is 11.6 Å². The zero-order valence-electron chi connectivity index (χ0n) is 7.83. The number of hydrogen-bond donors (Lipinski definition) is 1. The van der Waals surface area contributed by atoms with Gasteiger partial charge in [0.05, 0.1) is 0 Å². The van der Waals surface area contributed by atoms with Crippen LogP contribution in [-0.2, 0) is 6.54 Å². The zero-order valence-corrected chi connectivity index (χ0v) is 7.83. The average molecular weight is 200 g/mol. The maximum atomic E-state index is 8.55. The van der Waals surface area contributed by atoms with Crippen molar-refractivity contribution in [2.45, 2.75) is 6.54 Å². The molecule has 0 bridgehead atoms. The van der Waals surface area contributed by atoms with E-state index in [9.17, 15) is 0 Å². The van der Waals surface area contributed by atoms with Gasteiger partial charge in [0.1, 0.15) is 12.4 Å². The van der Waals surface area contributed by atoms with E-state index in [0.717, 1.165) is 5.56 Å². The second kappa shape index (κ2) is 3.86. The van der Waals surface area contributed by atoms with Crippen LogP contribution >= 0.6 is 0 Å². The normalized spacial score (nSPS) is 9.87. The Hall–Kier alpha value is -2.26. The number of aromatic nitrogens is 4. The van der Waals surface area contributed by atoms with E-state index < -0.39 is 0 Å². The Kier molecular flexibility index (Phi) is 2.39. The molecule has 0 radical (unpaired) electrons. The van der Waals surface area contributed by atoms with Gasteiger partial charge in [0, 0.05) is 12.7 Å². The van der Waals surface area contributed by atoms with Crippen LogP contribution in [0.15, 0.2) is 24.7 Å². The molecular weight excluding hydrogens is 192 g/mol. The van der Waals surface area contributed by atoms with E-state index in [0.29, 0.717) is 12.4 Å². The predicted molar refractivity (Wildman–Crippen MR) is 51.8 cm³/mol. The molecule has 2 N–H and O–H groups in total. The van der Waals surface area contributed by atoms with Crippen LogP contribution in [0.1, 0.15) is 11.4 Å². The molecule has 0 aliphatic heterocycles. The van der Waals surface area contributed by atoms with Gasteiger partial charge < -0.3 is 5.73 Å². The van der Waals surface area contributed by atoms with Crippen LogP contribution in [0.25, 0.3) is 5.82 Å². The summed E-state index contributed by atoms with van der Waals surface area (Å²) in [6.07, 6.45) is 3.12. The summed E-state index contributed by atoms with van der Waals surface area (Å²) in [6.45, 7) is 0.452. The molecule has 74 valence electrons. The molecule has 6 nitrogen and oxygen atoms in total. The maximum absolute atomic E-state index is 8.55. The highest BCUT2D eigenvalue weighted by atomic mass is 15.4. The van der Waals surface area contributed by atoms with E-state index in [1.807, 2.05) is 12.1 Å². The lowest BCUT2D eigenvalue weighted by molar-refractivity contribution is 0.836. The van der Waals surface area contributed by atoms with Gasteiger partial charge in [-0.15, -0.1) is 5.10 Å². The van der Waals surface area contributed by atoms with Gasteiger partial charge in [-0.2, -0.15) is 5.26 Å². The molecule has 2 rings (SSSR count). The first-order valence-electron chi connectivity index (χ1n) is 4.30. The fraction of sp³-hybridized carbons (Fsp3) is 0.111. The summed E-state index contributed by atoms with van der Waals surface area (Å²) in [5, 5.41) is 12.5. The van der Waals surface area contributed by atoms with Gasteiger partial charge in [0.25, 0.3) is 5.82 Å². The molecule has 0 spiro atoms. The quantitative estimate of drug-likeness (QED) is 0.736. The lowest BCUT2D eigenvalue weighted by Gasteiger charge is -1.99. The van der Waals surface area contributed by atoms with E-state index in [2.05, 4.69) is 15.1 Å². The molecule has 2 aromatic rings. The molecule has 0 unspecified atom stereocenters. The summed E-state index contributed by atoms with van der Waals surface area (Å²) < 4.78 is 1.44. The number of pyridine rings is 1. The predicted octanol–water partition coefficient (Wildman–Crippen LogP) is -0.00732. The fourth-order valence-electron chi connectivity index (χ4n) is 1.10. The Labute approximate surface area is 86.0 Å². The van der Waals surface area contributed by atoms with Crippen molar-refractivity contribution in [3.63, 3.8) is 0 Å². The average Bonchev–Trinajstić information content (AvgIpc) is 2.78. The molecule has 0 saturated carbocycles.